The van der Waals surface area contributed by atoms with E-state index in [1.807, 2.05) is 18.4 Å². The lowest BCUT2D eigenvalue weighted by Crippen LogP contribution is -2.20. The van der Waals surface area contributed by atoms with Crippen molar-refractivity contribution < 1.29 is 0 Å². The van der Waals surface area contributed by atoms with E-state index in [1.165, 1.54) is 25.4 Å². The quantitative estimate of drug-likeness (QED) is 0.864. The number of thiophene rings is 1. The second kappa shape index (κ2) is 6.00. The molecule has 0 radical (unpaired) electrons. The standard InChI is InChI=1S/C15H18BrNS/c1-10-5-4-6-11(2)15(10)13(17-3)9-12-7-8-14(16)18-12/h4-8,13,17H,9H2,1-3H3. The number of hydrogen-bond acceptors (Lipinski definition) is 2. The molecular weight excluding hydrogens is 306 g/mol. The van der Waals surface area contributed by atoms with E-state index in [-0.39, 0.29) is 0 Å². The largest absolute Gasteiger partial charge is 0.313 e. The maximum atomic E-state index is 3.53. The summed E-state index contributed by atoms with van der Waals surface area (Å²) in [5.41, 5.74) is 4.17. The number of rotatable bonds is 4. The van der Waals surface area contributed by atoms with Gasteiger partial charge in [-0.1, -0.05) is 18.2 Å². The van der Waals surface area contributed by atoms with Crippen molar-refractivity contribution >= 4 is 27.3 Å². The number of halogens is 1. The van der Waals surface area contributed by atoms with Crippen LogP contribution in [0.5, 0.6) is 0 Å². The second-order valence-corrected chi connectivity index (χ2v) is 7.10. The average molecular weight is 324 g/mol. The van der Waals surface area contributed by atoms with Gasteiger partial charge in [-0.3, -0.25) is 0 Å². The highest BCUT2D eigenvalue weighted by atomic mass is 79.9. The summed E-state index contributed by atoms with van der Waals surface area (Å²) in [4.78, 5) is 1.41. The van der Waals surface area contributed by atoms with Crippen molar-refractivity contribution in [2.24, 2.45) is 0 Å². The van der Waals surface area contributed by atoms with E-state index in [1.54, 1.807) is 0 Å². The summed E-state index contributed by atoms with van der Waals surface area (Å²) in [5, 5.41) is 3.45. The lowest BCUT2D eigenvalue weighted by molar-refractivity contribution is 0.590. The van der Waals surface area contributed by atoms with E-state index in [0.717, 1.165) is 6.42 Å². The van der Waals surface area contributed by atoms with Crippen molar-refractivity contribution in [2.75, 3.05) is 7.05 Å². The van der Waals surface area contributed by atoms with Crippen LogP contribution in [-0.2, 0) is 6.42 Å². The summed E-state index contributed by atoms with van der Waals surface area (Å²) in [6.45, 7) is 4.38. The van der Waals surface area contributed by atoms with Gasteiger partial charge in [0, 0.05) is 17.3 Å². The first-order valence-electron chi connectivity index (χ1n) is 6.09. The zero-order valence-corrected chi connectivity index (χ0v) is 13.4. The lowest BCUT2D eigenvalue weighted by atomic mass is 9.94. The van der Waals surface area contributed by atoms with Crippen molar-refractivity contribution in [1.29, 1.82) is 0 Å². The van der Waals surface area contributed by atoms with Gasteiger partial charge >= 0.3 is 0 Å². The van der Waals surface area contributed by atoms with Crippen molar-refractivity contribution in [3.63, 3.8) is 0 Å². The molecule has 0 saturated heterocycles. The zero-order chi connectivity index (χ0) is 13.1. The number of hydrogen-bond donors (Lipinski definition) is 1. The van der Waals surface area contributed by atoms with Gasteiger partial charge in [0.1, 0.15) is 0 Å². The summed E-state index contributed by atoms with van der Waals surface area (Å²) in [5.74, 6) is 0. The van der Waals surface area contributed by atoms with Gasteiger partial charge in [-0.05, 0) is 65.6 Å². The minimum Gasteiger partial charge on any atom is -0.313 e. The van der Waals surface area contributed by atoms with E-state index in [9.17, 15) is 0 Å². The van der Waals surface area contributed by atoms with Crippen LogP contribution in [0.15, 0.2) is 34.1 Å². The van der Waals surface area contributed by atoms with Crippen molar-refractivity contribution in [1.82, 2.24) is 5.32 Å². The van der Waals surface area contributed by atoms with Crippen LogP contribution in [0.1, 0.15) is 27.6 Å². The molecule has 0 fully saturated rings. The van der Waals surface area contributed by atoms with Gasteiger partial charge in [0.2, 0.25) is 0 Å². The third-order valence-electron chi connectivity index (χ3n) is 3.27. The highest BCUT2D eigenvalue weighted by Crippen LogP contribution is 2.29. The fourth-order valence-electron chi connectivity index (χ4n) is 2.39. The maximum Gasteiger partial charge on any atom is 0.0701 e. The monoisotopic (exact) mass is 323 g/mol. The first kappa shape index (κ1) is 13.8. The van der Waals surface area contributed by atoms with Gasteiger partial charge in [-0.2, -0.15) is 0 Å². The Bertz CT molecular complexity index is 513. The molecule has 2 rings (SSSR count). The number of benzene rings is 1. The van der Waals surface area contributed by atoms with Crippen LogP contribution in [0.4, 0.5) is 0 Å². The van der Waals surface area contributed by atoms with Gasteiger partial charge in [0.05, 0.1) is 3.79 Å². The molecule has 1 N–H and O–H groups in total. The topological polar surface area (TPSA) is 12.0 Å². The number of likely N-dealkylation sites (N-methyl/N-ethyl adjacent to an activating group) is 1. The summed E-state index contributed by atoms with van der Waals surface area (Å²) in [7, 11) is 2.04. The van der Waals surface area contributed by atoms with E-state index >= 15 is 0 Å². The summed E-state index contributed by atoms with van der Waals surface area (Å²) >= 11 is 5.34. The predicted molar refractivity (Wildman–Crippen MR) is 83.4 cm³/mol. The summed E-state index contributed by atoms with van der Waals surface area (Å²) in [6.07, 6.45) is 1.04. The summed E-state index contributed by atoms with van der Waals surface area (Å²) in [6, 6.07) is 11.2. The van der Waals surface area contributed by atoms with E-state index < -0.39 is 0 Å². The molecule has 0 aliphatic rings. The predicted octanol–water partition coefficient (Wildman–Crippen LogP) is 4.63. The molecule has 1 heterocycles. The highest BCUT2D eigenvalue weighted by Gasteiger charge is 2.15. The molecule has 0 aliphatic heterocycles. The number of nitrogens with one attached hydrogen (secondary N) is 1. The average Bonchev–Trinajstić information content (AvgIpc) is 2.73. The van der Waals surface area contributed by atoms with Gasteiger partial charge in [0.15, 0.2) is 0 Å². The molecular formula is C15H18BrNS. The molecule has 1 unspecified atom stereocenters. The molecule has 0 amide bonds. The third-order valence-corrected chi connectivity index (χ3v) is 4.92. The van der Waals surface area contributed by atoms with Gasteiger partial charge in [-0.15, -0.1) is 11.3 Å². The third kappa shape index (κ3) is 3.02. The second-order valence-electron chi connectivity index (χ2n) is 4.56. The van der Waals surface area contributed by atoms with Crippen LogP contribution in [0.2, 0.25) is 0 Å². The summed E-state index contributed by atoms with van der Waals surface area (Å²) < 4.78 is 1.20. The first-order chi connectivity index (χ1) is 8.61. The molecule has 1 atom stereocenters. The zero-order valence-electron chi connectivity index (χ0n) is 11.0. The van der Waals surface area contributed by atoms with Crippen LogP contribution in [0.25, 0.3) is 0 Å². The molecule has 1 aromatic carbocycles. The van der Waals surface area contributed by atoms with E-state index in [2.05, 4.69) is 65.4 Å². The number of aryl methyl sites for hydroxylation is 2. The van der Waals surface area contributed by atoms with Crippen molar-refractivity contribution in [3.8, 4) is 0 Å². The Morgan fingerprint density at radius 3 is 2.33 bits per heavy atom. The fraction of sp³-hybridized carbons (Fsp3) is 0.333. The maximum absolute atomic E-state index is 3.53. The van der Waals surface area contributed by atoms with E-state index in [0.29, 0.717) is 6.04 Å². The van der Waals surface area contributed by atoms with Crippen LogP contribution in [-0.4, -0.2) is 7.05 Å². The Morgan fingerprint density at radius 2 is 1.83 bits per heavy atom. The Morgan fingerprint density at radius 1 is 1.17 bits per heavy atom. The molecule has 3 heteroatoms. The van der Waals surface area contributed by atoms with Gasteiger partial charge in [-0.25, -0.2) is 0 Å². The Kier molecular flexibility index (Phi) is 4.60. The van der Waals surface area contributed by atoms with E-state index in [4.69, 9.17) is 0 Å². The highest BCUT2D eigenvalue weighted by molar-refractivity contribution is 9.11. The van der Waals surface area contributed by atoms with Gasteiger partial charge in [0.25, 0.3) is 0 Å². The molecule has 0 spiro atoms. The smallest absolute Gasteiger partial charge is 0.0701 e. The van der Waals surface area contributed by atoms with Crippen LogP contribution < -0.4 is 5.32 Å². The molecule has 0 aliphatic carbocycles. The van der Waals surface area contributed by atoms with Crippen LogP contribution in [0.3, 0.4) is 0 Å². The Labute approximate surface area is 121 Å². The normalized spacial score (nSPS) is 12.7. The van der Waals surface area contributed by atoms with Crippen molar-refractivity contribution in [3.05, 3.63) is 55.7 Å². The fourth-order valence-corrected chi connectivity index (χ4v) is 3.92. The molecule has 1 aromatic heterocycles. The molecule has 96 valence electrons. The van der Waals surface area contributed by atoms with Crippen LogP contribution >= 0.6 is 27.3 Å². The lowest BCUT2D eigenvalue weighted by Gasteiger charge is -2.20. The minimum absolute atomic E-state index is 0.386. The SMILES string of the molecule is CNC(Cc1ccc(Br)s1)c1c(C)cccc1C. The molecule has 18 heavy (non-hydrogen) atoms. The molecule has 0 bridgehead atoms. The molecule has 1 nitrogen and oxygen atoms in total. The Balaban J connectivity index is 2.28. The Hall–Kier alpha value is -0.640. The molecule has 0 saturated carbocycles. The van der Waals surface area contributed by atoms with Crippen molar-refractivity contribution in [2.45, 2.75) is 26.3 Å². The molecule has 2 aromatic rings. The first-order valence-corrected chi connectivity index (χ1v) is 7.70. The minimum atomic E-state index is 0.386. The van der Waals surface area contributed by atoms with Gasteiger partial charge < -0.3 is 5.32 Å². The van der Waals surface area contributed by atoms with Crippen LogP contribution in [0, 0.1) is 13.8 Å².